The van der Waals surface area contributed by atoms with Crippen molar-refractivity contribution in [2.24, 2.45) is 11.7 Å². The Morgan fingerprint density at radius 2 is 2.29 bits per heavy atom. The van der Waals surface area contributed by atoms with Crippen molar-refractivity contribution in [3.05, 3.63) is 48.0 Å². The van der Waals surface area contributed by atoms with Gasteiger partial charge in [-0.1, -0.05) is 6.07 Å². The lowest BCUT2D eigenvalue weighted by Gasteiger charge is -2.29. The summed E-state index contributed by atoms with van der Waals surface area (Å²) in [6.07, 6.45) is 4.50. The molecule has 0 bridgehead atoms. The molecule has 0 aliphatic heterocycles. The maximum absolute atomic E-state index is 13.3. The van der Waals surface area contributed by atoms with Gasteiger partial charge in [0.2, 0.25) is 5.91 Å². The van der Waals surface area contributed by atoms with E-state index in [1.165, 1.54) is 12.1 Å². The van der Waals surface area contributed by atoms with Gasteiger partial charge in [0.1, 0.15) is 5.82 Å². The highest BCUT2D eigenvalue weighted by atomic mass is 19.1. The minimum absolute atomic E-state index is 0.0838. The van der Waals surface area contributed by atoms with Gasteiger partial charge in [-0.15, -0.1) is 0 Å². The highest BCUT2D eigenvalue weighted by molar-refractivity contribution is 5.78. The fourth-order valence-corrected chi connectivity index (χ4v) is 2.95. The zero-order valence-corrected chi connectivity index (χ0v) is 13.2. The van der Waals surface area contributed by atoms with Crippen LogP contribution in [0.15, 0.2) is 36.7 Å². The molecule has 4 N–H and O–H groups in total. The fourth-order valence-electron chi connectivity index (χ4n) is 2.95. The average molecular weight is 332 g/mol. The predicted molar refractivity (Wildman–Crippen MR) is 86.7 cm³/mol. The Morgan fingerprint density at radius 1 is 1.46 bits per heavy atom. The normalized spacial score (nSPS) is 23.9. The number of benzene rings is 1. The lowest BCUT2D eigenvalue weighted by molar-refractivity contribution is -0.127. The maximum atomic E-state index is 13.3. The molecule has 128 valence electrons. The fraction of sp³-hybridized carbons (Fsp3) is 0.412. The Bertz CT molecular complexity index is 718. The van der Waals surface area contributed by atoms with Gasteiger partial charge in [-0.25, -0.2) is 9.07 Å². The zero-order chi connectivity index (χ0) is 17.1. The standard InChI is InChI=1S/C17H21FN4O2/c18-13-2-1-3-14(7-13)22-10-11(9-21-22)8-20-17(24)12-4-5-15(19)16(23)6-12/h1-3,7,9-10,12,15-16,23H,4-6,8,19H2,(H,20,24)/t12-,15+,16+/m0/s1. The molecule has 1 aliphatic carbocycles. The van der Waals surface area contributed by atoms with Crippen LogP contribution in [0, 0.1) is 11.7 Å². The van der Waals surface area contributed by atoms with E-state index in [9.17, 15) is 14.3 Å². The van der Waals surface area contributed by atoms with Gasteiger partial charge in [0.25, 0.3) is 0 Å². The SMILES string of the molecule is N[C@@H]1CC[C@H](C(=O)NCc2cnn(-c3cccc(F)c3)c2)C[C@H]1O. The van der Waals surface area contributed by atoms with E-state index in [1.807, 2.05) is 0 Å². The third kappa shape index (κ3) is 3.80. The molecule has 3 rings (SSSR count). The molecule has 6 nitrogen and oxygen atoms in total. The van der Waals surface area contributed by atoms with E-state index < -0.39 is 6.10 Å². The first kappa shape index (κ1) is 16.6. The number of carbonyl (C=O) groups excluding carboxylic acids is 1. The van der Waals surface area contributed by atoms with Crippen LogP contribution in [-0.4, -0.2) is 32.9 Å². The highest BCUT2D eigenvalue weighted by Gasteiger charge is 2.30. The van der Waals surface area contributed by atoms with Crippen molar-refractivity contribution in [3.63, 3.8) is 0 Å². The van der Waals surface area contributed by atoms with E-state index >= 15 is 0 Å². The summed E-state index contributed by atoms with van der Waals surface area (Å²) in [6.45, 7) is 0.340. The van der Waals surface area contributed by atoms with E-state index in [-0.39, 0.29) is 23.7 Å². The largest absolute Gasteiger partial charge is 0.391 e. The number of rotatable bonds is 4. The number of hydrogen-bond acceptors (Lipinski definition) is 4. The monoisotopic (exact) mass is 332 g/mol. The number of aromatic nitrogens is 2. The van der Waals surface area contributed by atoms with Crippen LogP contribution in [0.4, 0.5) is 4.39 Å². The van der Waals surface area contributed by atoms with Crippen molar-refractivity contribution in [2.45, 2.75) is 38.0 Å². The van der Waals surface area contributed by atoms with Gasteiger partial charge in [0, 0.05) is 30.3 Å². The lowest BCUT2D eigenvalue weighted by atomic mass is 9.84. The molecular weight excluding hydrogens is 311 g/mol. The van der Waals surface area contributed by atoms with Crippen molar-refractivity contribution in [2.75, 3.05) is 0 Å². The van der Waals surface area contributed by atoms with Crippen LogP contribution >= 0.6 is 0 Å². The van der Waals surface area contributed by atoms with Crippen LogP contribution < -0.4 is 11.1 Å². The van der Waals surface area contributed by atoms with Gasteiger partial charge < -0.3 is 16.2 Å². The molecule has 3 atom stereocenters. The number of aliphatic hydroxyl groups excluding tert-OH is 1. The van der Waals surface area contributed by atoms with Crippen LogP contribution in [0.3, 0.4) is 0 Å². The van der Waals surface area contributed by atoms with Crippen molar-refractivity contribution >= 4 is 5.91 Å². The van der Waals surface area contributed by atoms with Crippen LogP contribution in [0.5, 0.6) is 0 Å². The van der Waals surface area contributed by atoms with Crippen LogP contribution in [0.1, 0.15) is 24.8 Å². The molecule has 0 spiro atoms. The third-order valence-electron chi connectivity index (χ3n) is 4.42. The van der Waals surface area contributed by atoms with Crippen LogP contribution in [0.25, 0.3) is 5.69 Å². The predicted octanol–water partition coefficient (Wildman–Crippen LogP) is 1.12. The quantitative estimate of drug-likeness (QED) is 0.782. The molecule has 1 aromatic carbocycles. The summed E-state index contributed by atoms with van der Waals surface area (Å²) in [5.74, 6) is -0.621. The molecule has 1 aliphatic rings. The molecule has 7 heteroatoms. The number of nitrogens with two attached hydrogens (primary N) is 1. The van der Waals surface area contributed by atoms with Crippen LogP contribution in [0.2, 0.25) is 0 Å². The summed E-state index contributed by atoms with van der Waals surface area (Å²) in [5, 5.41) is 16.8. The first-order chi connectivity index (χ1) is 11.5. The zero-order valence-electron chi connectivity index (χ0n) is 13.2. The van der Waals surface area contributed by atoms with Gasteiger partial charge in [-0.3, -0.25) is 4.79 Å². The lowest BCUT2D eigenvalue weighted by Crippen LogP contribution is -2.44. The van der Waals surface area contributed by atoms with E-state index in [0.29, 0.717) is 31.5 Å². The first-order valence-electron chi connectivity index (χ1n) is 8.04. The molecule has 24 heavy (non-hydrogen) atoms. The number of hydrogen-bond donors (Lipinski definition) is 3. The highest BCUT2D eigenvalue weighted by Crippen LogP contribution is 2.23. The van der Waals surface area contributed by atoms with Gasteiger partial charge in [-0.05, 0) is 37.5 Å². The molecule has 2 aromatic rings. The van der Waals surface area contributed by atoms with E-state index in [0.717, 1.165) is 5.56 Å². The third-order valence-corrected chi connectivity index (χ3v) is 4.42. The number of carbonyl (C=O) groups is 1. The Hall–Kier alpha value is -2.25. The summed E-state index contributed by atoms with van der Waals surface area (Å²) < 4.78 is 14.8. The summed E-state index contributed by atoms with van der Waals surface area (Å²) >= 11 is 0. The molecule has 1 saturated carbocycles. The van der Waals surface area contributed by atoms with E-state index in [4.69, 9.17) is 5.73 Å². The van der Waals surface area contributed by atoms with Crippen molar-refractivity contribution in [1.29, 1.82) is 0 Å². The molecule has 1 heterocycles. The average Bonchev–Trinajstić information content (AvgIpc) is 3.04. The molecule has 0 saturated heterocycles. The topological polar surface area (TPSA) is 93.2 Å². The molecule has 1 aromatic heterocycles. The first-order valence-corrected chi connectivity index (χ1v) is 8.04. The molecule has 0 unspecified atom stereocenters. The van der Waals surface area contributed by atoms with E-state index in [2.05, 4.69) is 10.4 Å². The smallest absolute Gasteiger partial charge is 0.223 e. The molecule has 1 fully saturated rings. The number of nitrogens with one attached hydrogen (secondary N) is 1. The summed E-state index contributed by atoms with van der Waals surface area (Å²) in [4.78, 5) is 12.2. The summed E-state index contributed by atoms with van der Waals surface area (Å²) in [6, 6.07) is 5.90. The minimum atomic E-state index is -0.620. The minimum Gasteiger partial charge on any atom is -0.391 e. The second-order valence-corrected chi connectivity index (χ2v) is 6.23. The van der Waals surface area contributed by atoms with Crippen LogP contribution in [-0.2, 0) is 11.3 Å². The molecule has 1 amide bonds. The van der Waals surface area contributed by atoms with Crippen molar-refractivity contribution < 1.29 is 14.3 Å². The summed E-state index contributed by atoms with van der Waals surface area (Å²) in [5.41, 5.74) is 7.20. The number of nitrogens with zero attached hydrogens (tertiary/aromatic N) is 2. The van der Waals surface area contributed by atoms with Gasteiger partial charge in [0.05, 0.1) is 18.0 Å². The Labute approximate surface area is 139 Å². The van der Waals surface area contributed by atoms with Crippen molar-refractivity contribution in [3.8, 4) is 5.69 Å². The van der Waals surface area contributed by atoms with Gasteiger partial charge in [0.15, 0.2) is 0 Å². The Balaban J connectivity index is 1.57. The number of amides is 1. The Kier molecular flexibility index (Phi) is 4.92. The Morgan fingerprint density at radius 3 is 3.04 bits per heavy atom. The maximum Gasteiger partial charge on any atom is 0.223 e. The second-order valence-electron chi connectivity index (χ2n) is 6.23. The molecule has 0 radical (unpaired) electrons. The van der Waals surface area contributed by atoms with Gasteiger partial charge in [-0.2, -0.15) is 5.10 Å². The number of halogens is 1. The number of aliphatic hydroxyl groups is 1. The van der Waals surface area contributed by atoms with Crippen molar-refractivity contribution in [1.82, 2.24) is 15.1 Å². The van der Waals surface area contributed by atoms with Gasteiger partial charge >= 0.3 is 0 Å². The molecular formula is C17H21FN4O2. The second kappa shape index (κ2) is 7.11. The summed E-state index contributed by atoms with van der Waals surface area (Å²) in [7, 11) is 0. The van der Waals surface area contributed by atoms with E-state index in [1.54, 1.807) is 29.2 Å².